The number of hydrogen-bond donors (Lipinski definition) is 0. The van der Waals surface area contributed by atoms with E-state index in [1.165, 1.54) is 16.3 Å². The van der Waals surface area contributed by atoms with Crippen LogP contribution in [0.5, 0.6) is 0 Å². The lowest BCUT2D eigenvalue weighted by Gasteiger charge is -2.13. The van der Waals surface area contributed by atoms with Crippen molar-refractivity contribution >= 4 is 43.6 Å². The molecule has 234 valence electrons. The highest BCUT2D eigenvalue weighted by molar-refractivity contribution is 6.19. The van der Waals surface area contributed by atoms with Gasteiger partial charge in [-0.3, -0.25) is 4.57 Å². The minimum absolute atomic E-state index is 0.574. The average Bonchev–Trinajstić information content (AvgIpc) is 3.70. The van der Waals surface area contributed by atoms with Crippen LogP contribution in [-0.2, 0) is 0 Å². The van der Waals surface area contributed by atoms with E-state index in [2.05, 4.69) is 155 Å². The van der Waals surface area contributed by atoms with Crippen LogP contribution in [0.1, 0.15) is 0 Å². The molecule has 0 saturated carbocycles. The van der Waals surface area contributed by atoms with Gasteiger partial charge in [0.2, 0.25) is 5.95 Å². The fraction of sp³-hybridized carbons (Fsp3) is 0. The smallest absolute Gasteiger partial charge is 0.238 e. The number of hydrogen-bond acceptors (Lipinski definition) is 3. The molecule has 10 aromatic rings. The van der Waals surface area contributed by atoms with Gasteiger partial charge < -0.3 is 4.57 Å². The van der Waals surface area contributed by atoms with E-state index in [1.807, 2.05) is 30.3 Å². The molecule has 0 radical (unpaired) electrons. The summed E-state index contributed by atoms with van der Waals surface area (Å²) < 4.78 is 4.57. The molecule has 0 fully saturated rings. The van der Waals surface area contributed by atoms with Crippen LogP contribution < -0.4 is 0 Å². The van der Waals surface area contributed by atoms with Crippen molar-refractivity contribution in [1.29, 1.82) is 0 Å². The first-order chi connectivity index (χ1) is 24.8. The van der Waals surface area contributed by atoms with Crippen LogP contribution in [0.25, 0.3) is 89.2 Å². The summed E-state index contributed by atoms with van der Waals surface area (Å²) in [5, 5.41) is 4.72. The molecule has 0 atom stereocenters. The summed E-state index contributed by atoms with van der Waals surface area (Å²) in [6, 6.07) is 61.4. The zero-order chi connectivity index (χ0) is 33.0. The van der Waals surface area contributed by atoms with Gasteiger partial charge in [-0.1, -0.05) is 140 Å². The van der Waals surface area contributed by atoms with Crippen LogP contribution >= 0.6 is 0 Å². The Kier molecular flexibility index (Phi) is 6.42. The molecule has 5 nitrogen and oxygen atoms in total. The Balaban J connectivity index is 1.31. The van der Waals surface area contributed by atoms with Gasteiger partial charge in [0.15, 0.2) is 11.6 Å². The van der Waals surface area contributed by atoms with Gasteiger partial charge >= 0.3 is 0 Å². The molecule has 3 aromatic heterocycles. The maximum atomic E-state index is 5.30. The van der Waals surface area contributed by atoms with Crippen molar-refractivity contribution in [2.75, 3.05) is 0 Å². The monoisotopic (exact) mass is 639 g/mol. The van der Waals surface area contributed by atoms with Gasteiger partial charge in [0.05, 0.1) is 22.1 Å². The molecule has 5 heteroatoms. The molecule has 0 N–H and O–H groups in total. The molecule has 10 rings (SSSR count). The van der Waals surface area contributed by atoms with Gasteiger partial charge in [0.1, 0.15) is 0 Å². The van der Waals surface area contributed by atoms with Crippen molar-refractivity contribution in [3.8, 4) is 45.5 Å². The zero-order valence-electron chi connectivity index (χ0n) is 27.0. The molecule has 7 aromatic carbocycles. The van der Waals surface area contributed by atoms with Gasteiger partial charge in [-0.2, -0.15) is 9.97 Å². The highest BCUT2D eigenvalue weighted by Crippen LogP contribution is 2.40. The van der Waals surface area contributed by atoms with E-state index in [-0.39, 0.29) is 0 Å². The molecule has 0 aliphatic carbocycles. The Labute approximate surface area is 288 Å². The van der Waals surface area contributed by atoms with Crippen molar-refractivity contribution in [2.24, 2.45) is 0 Å². The van der Waals surface area contributed by atoms with Crippen molar-refractivity contribution < 1.29 is 0 Å². The number of rotatable bonds is 5. The fourth-order valence-electron chi connectivity index (χ4n) is 7.35. The molecule has 0 amide bonds. The molecule has 3 heterocycles. The summed E-state index contributed by atoms with van der Waals surface area (Å²) in [4.78, 5) is 15.6. The topological polar surface area (TPSA) is 48.5 Å². The van der Waals surface area contributed by atoms with Crippen LogP contribution in [0, 0.1) is 0 Å². The minimum atomic E-state index is 0.574. The van der Waals surface area contributed by atoms with E-state index in [1.54, 1.807) is 0 Å². The largest absolute Gasteiger partial charge is 0.309 e. The van der Waals surface area contributed by atoms with Crippen molar-refractivity contribution in [1.82, 2.24) is 24.1 Å². The predicted octanol–water partition coefficient (Wildman–Crippen LogP) is 11.1. The third-order valence-corrected chi connectivity index (χ3v) is 9.59. The predicted molar refractivity (Wildman–Crippen MR) is 205 cm³/mol. The van der Waals surface area contributed by atoms with E-state index in [0.29, 0.717) is 17.6 Å². The van der Waals surface area contributed by atoms with Crippen LogP contribution in [0.15, 0.2) is 176 Å². The van der Waals surface area contributed by atoms with Gasteiger partial charge in [0.25, 0.3) is 0 Å². The maximum absolute atomic E-state index is 5.30. The molecule has 0 bridgehead atoms. The summed E-state index contributed by atoms with van der Waals surface area (Å²) in [5.74, 6) is 1.82. The lowest BCUT2D eigenvalue weighted by molar-refractivity contribution is 0.954. The summed E-state index contributed by atoms with van der Waals surface area (Å²) >= 11 is 0. The van der Waals surface area contributed by atoms with E-state index in [4.69, 9.17) is 15.0 Å². The lowest BCUT2D eigenvalue weighted by Crippen LogP contribution is -2.07. The fourth-order valence-corrected chi connectivity index (χ4v) is 7.35. The van der Waals surface area contributed by atoms with Crippen molar-refractivity contribution in [3.05, 3.63) is 176 Å². The number of benzene rings is 7. The Morgan fingerprint density at radius 2 is 0.820 bits per heavy atom. The molecule has 0 aliphatic heterocycles. The van der Waals surface area contributed by atoms with Gasteiger partial charge in [-0.15, -0.1) is 0 Å². The second kappa shape index (κ2) is 11.4. The van der Waals surface area contributed by atoms with E-state index >= 15 is 0 Å². The molecule has 0 saturated heterocycles. The molecular weight excluding hydrogens is 611 g/mol. The highest BCUT2D eigenvalue weighted by atomic mass is 15.2. The van der Waals surface area contributed by atoms with Crippen molar-refractivity contribution in [2.45, 2.75) is 0 Å². The number of aromatic nitrogens is 5. The van der Waals surface area contributed by atoms with Crippen LogP contribution in [0.4, 0.5) is 0 Å². The van der Waals surface area contributed by atoms with E-state index in [9.17, 15) is 0 Å². The SMILES string of the molecule is c1ccc(-c2nc(-c3ccccc3-c3ccccc3)nc(-n3c4ccccc4c4cc5c6ccccc6n(-c6ccccc6)c5cc43)n2)cc1. The van der Waals surface area contributed by atoms with Gasteiger partial charge in [0, 0.05) is 38.4 Å². The quantitative estimate of drug-likeness (QED) is 0.188. The molecule has 50 heavy (non-hydrogen) atoms. The summed E-state index contributed by atoms with van der Waals surface area (Å²) in [6.07, 6.45) is 0. The Bertz CT molecular complexity index is 2850. The lowest BCUT2D eigenvalue weighted by atomic mass is 9.99. The first kappa shape index (κ1) is 28.2. The summed E-state index contributed by atoms with van der Waals surface area (Å²) in [5.41, 5.74) is 9.55. The number of fused-ring (bicyclic) bond motifs is 6. The first-order valence-electron chi connectivity index (χ1n) is 16.8. The number of nitrogens with zero attached hydrogens (tertiary/aromatic N) is 5. The van der Waals surface area contributed by atoms with Crippen LogP contribution in [0.3, 0.4) is 0 Å². The third-order valence-electron chi connectivity index (χ3n) is 9.59. The normalized spacial score (nSPS) is 11.6. The second-order valence-corrected chi connectivity index (χ2v) is 12.5. The standard InChI is InChI=1S/C45H29N5/c1-4-16-30(17-5-1)33-22-10-11-25-36(33)44-46-43(31-18-6-2-7-19-31)47-45(48-44)50-40-27-15-13-24-35(40)38-28-37-34-23-12-14-26-39(34)49(41(37)29-42(38)50)32-20-8-3-9-21-32/h1-29H. The van der Waals surface area contributed by atoms with E-state index < -0.39 is 0 Å². The van der Waals surface area contributed by atoms with E-state index in [0.717, 1.165) is 55.3 Å². The molecule has 0 unspecified atom stereocenters. The Morgan fingerprint density at radius 3 is 1.50 bits per heavy atom. The van der Waals surface area contributed by atoms with Crippen molar-refractivity contribution in [3.63, 3.8) is 0 Å². The summed E-state index contributed by atoms with van der Waals surface area (Å²) in [7, 11) is 0. The minimum Gasteiger partial charge on any atom is -0.309 e. The zero-order valence-corrected chi connectivity index (χ0v) is 27.0. The Hall–Kier alpha value is -6.85. The number of para-hydroxylation sites is 3. The molecular formula is C45H29N5. The third kappa shape index (κ3) is 4.45. The summed E-state index contributed by atoms with van der Waals surface area (Å²) in [6.45, 7) is 0. The van der Waals surface area contributed by atoms with Crippen LogP contribution in [-0.4, -0.2) is 24.1 Å². The Morgan fingerprint density at radius 1 is 0.320 bits per heavy atom. The van der Waals surface area contributed by atoms with Gasteiger partial charge in [-0.25, -0.2) is 4.98 Å². The molecule has 0 aliphatic rings. The molecule has 0 spiro atoms. The highest BCUT2D eigenvalue weighted by Gasteiger charge is 2.21. The van der Waals surface area contributed by atoms with Gasteiger partial charge in [-0.05, 0) is 47.5 Å². The maximum Gasteiger partial charge on any atom is 0.238 e. The average molecular weight is 640 g/mol. The second-order valence-electron chi connectivity index (χ2n) is 12.5. The van der Waals surface area contributed by atoms with Crippen LogP contribution in [0.2, 0.25) is 0 Å². The first-order valence-corrected chi connectivity index (χ1v) is 16.8.